The van der Waals surface area contributed by atoms with Crippen molar-refractivity contribution in [3.8, 4) is 0 Å². The average Bonchev–Trinajstić information content (AvgIpc) is 2.13. The zero-order chi connectivity index (χ0) is 10.7. The molecule has 0 amide bonds. The second-order valence-corrected chi connectivity index (χ2v) is 3.06. The molecule has 0 bridgehead atoms. The molecule has 0 fully saturated rings. The minimum Gasteiger partial charge on any atom is -0.303 e. The van der Waals surface area contributed by atoms with Crippen LogP contribution in [0.1, 0.15) is 24.8 Å². The predicted octanol–water partition coefficient (Wildman–Crippen LogP) is 2.80. The highest BCUT2D eigenvalue weighted by Crippen LogP contribution is 2.25. The molecular formula is C10H9F3O. The molecule has 76 valence electrons. The van der Waals surface area contributed by atoms with Crippen LogP contribution in [0, 0.1) is 17.5 Å². The van der Waals surface area contributed by atoms with Crippen molar-refractivity contribution in [2.24, 2.45) is 0 Å². The van der Waals surface area contributed by atoms with E-state index in [-0.39, 0.29) is 12.0 Å². The summed E-state index contributed by atoms with van der Waals surface area (Å²) in [5.74, 6) is -3.78. The van der Waals surface area contributed by atoms with Crippen LogP contribution in [-0.4, -0.2) is 6.29 Å². The molecule has 1 rings (SSSR count). The third-order valence-electron chi connectivity index (χ3n) is 2.02. The van der Waals surface area contributed by atoms with Crippen LogP contribution in [0.15, 0.2) is 12.1 Å². The summed E-state index contributed by atoms with van der Waals surface area (Å²) < 4.78 is 38.9. The summed E-state index contributed by atoms with van der Waals surface area (Å²) in [7, 11) is 0. The van der Waals surface area contributed by atoms with Gasteiger partial charge in [0.05, 0.1) is 0 Å². The van der Waals surface area contributed by atoms with Gasteiger partial charge >= 0.3 is 0 Å². The lowest BCUT2D eigenvalue weighted by atomic mass is 9.97. The molecule has 0 aliphatic heterocycles. The Labute approximate surface area is 79.5 Å². The maximum Gasteiger partial charge on any atom is 0.165 e. The fourth-order valence-corrected chi connectivity index (χ4v) is 1.26. The van der Waals surface area contributed by atoms with E-state index in [2.05, 4.69) is 0 Å². The van der Waals surface area contributed by atoms with Gasteiger partial charge in [0.15, 0.2) is 11.6 Å². The molecule has 0 heterocycles. The third-order valence-corrected chi connectivity index (χ3v) is 2.02. The van der Waals surface area contributed by atoms with Crippen molar-refractivity contribution in [1.82, 2.24) is 0 Å². The lowest BCUT2D eigenvalue weighted by Gasteiger charge is -2.10. The quantitative estimate of drug-likeness (QED) is 0.544. The van der Waals surface area contributed by atoms with Gasteiger partial charge in [-0.05, 0) is 18.1 Å². The molecule has 14 heavy (non-hydrogen) atoms. The first-order valence-electron chi connectivity index (χ1n) is 4.15. The molecule has 4 heteroatoms. The van der Waals surface area contributed by atoms with E-state index in [1.807, 2.05) is 0 Å². The number of rotatable bonds is 3. The van der Waals surface area contributed by atoms with Crippen LogP contribution in [0.5, 0.6) is 0 Å². The molecule has 0 aliphatic rings. The Kier molecular flexibility index (Phi) is 3.28. The van der Waals surface area contributed by atoms with E-state index in [1.54, 1.807) is 0 Å². The molecule has 0 N–H and O–H groups in total. The second-order valence-electron chi connectivity index (χ2n) is 3.06. The number of carbonyl (C=O) groups is 1. The van der Waals surface area contributed by atoms with E-state index in [0.717, 1.165) is 12.1 Å². The Morgan fingerprint density at radius 3 is 2.43 bits per heavy atom. The first kappa shape index (κ1) is 10.8. The summed E-state index contributed by atoms with van der Waals surface area (Å²) in [6, 6.07) is 1.58. The van der Waals surface area contributed by atoms with Crippen molar-refractivity contribution >= 4 is 6.29 Å². The Morgan fingerprint density at radius 2 is 1.86 bits per heavy atom. The average molecular weight is 202 g/mol. The van der Waals surface area contributed by atoms with E-state index in [1.165, 1.54) is 6.92 Å². The van der Waals surface area contributed by atoms with Gasteiger partial charge in [-0.2, -0.15) is 0 Å². The monoisotopic (exact) mass is 202 g/mol. The number of aldehydes is 1. The van der Waals surface area contributed by atoms with Crippen LogP contribution in [0.3, 0.4) is 0 Å². The smallest absolute Gasteiger partial charge is 0.165 e. The van der Waals surface area contributed by atoms with Gasteiger partial charge in [-0.25, -0.2) is 13.2 Å². The predicted molar refractivity (Wildman–Crippen MR) is 45.4 cm³/mol. The van der Waals surface area contributed by atoms with Crippen LogP contribution in [0.4, 0.5) is 13.2 Å². The van der Waals surface area contributed by atoms with Crippen molar-refractivity contribution in [3.63, 3.8) is 0 Å². The summed E-state index contributed by atoms with van der Waals surface area (Å²) in [5.41, 5.74) is -0.364. The van der Waals surface area contributed by atoms with Crippen molar-refractivity contribution in [1.29, 1.82) is 0 Å². The van der Waals surface area contributed by atoms with E-state index in [9.17, 15) is 18.0 Å². The highest BCUT2D eigenvalue weighted by molar-refractivity contribution is 5.51. The standard InChI is InChI=1S/C10H9F3O/c1-6(4-5-14)9-7(11)2-3-8(12)10(9)13/h2-3,5-6H,4H2,1H3. The number of benzene rings is 1. The molecule has 1 nitrogen and oxygen atoms in total. The van der Waals surface area contributed by atoms with Crippen molar-refractivity contribution < 1.29 is 18.0 Å². The van der Waals surface area contributed by atoms with E-state index in [0.29, 0.717) is 6.29 Å². The molecule has 0 aliphatic carbocycles. The van der Waals surface area contributed by atoms with Crippen LogP contribution in [0.2, 0.25) is 0 Å². The minimum atomic E-state index is -1.21. The van der Waals surface area contributed by atoms with Gasteiger partial charge < -0.3 is 4.79 Å². The van der Waals surface area contributed by atoms with Gasteiger partial charge in [0.25, 0.3) is 0 Å². The normalized spacial score (nSPS) is 12.6. The highest BCUT2D eigenvalue weighted by atomic mass is 19.2. The molecule has 0 spiro atoms. The number of hydrogen-bond acceptors (Lipinski definition) is 1. The highest BCUT2D eigenvalue weighted by Gasteiger charge is 2.18. The van der Waals surface area contributed by atoms with Gasteiger partial charge in [0, 0.05) is 12.0 Å². The zero-order valence-electron chi connectivity index (χ0n) is 7.56. The molecule has 1 aromatic rings. The SMILES string of the molecule is CC(CC=O)c1c(F)ccc(F)c1F. The van der Waals surface area contributed by atoms with Gasteiger partial charge in [-0.15, -0.1) is 0 Å². The molecular weight excluding hydrogens is 193 g/mol. The number of halogens is 3. The maximum atomic E-state index is 13.1. The van der Waals surface area contributed by atoms with Crippen LogP contribution >= 0.6 is 0 Å². The molecule has 0 radical (unpaired) electrons. The topological polar surface area (TPSA) is 17.1 Å². The fraction of sp³-hybridized carbons (Fsp3) is 0.300. The maximum absolute atomic E-state index is 13.1. The summed E-state index contributed by atoms with van der Waals surface area (Å²) in [4.78, 5) is 10.2. The zero-order valence-corrected chi connectivity index (χ0v) is 7.56. The molecule has 0 saturated carbocycles. The second kappa shape index (κ2) is 4.26. The lowest BCUT2D eigenvalue weighted by Crippen LogP contribution is -2.04. The van der Waals surface area contributed by atoms with E-state index in [4.69, 9.17) is 0 Å². The minimum absolute atomic E-state index is 0.0305. The van der Waals surface area contributed by atoms with Gasteiger partial charge in [0.2, 0.25) is 0 Å². The molecule has 1 aromatic carbocycles. The Balaban J connectivity index is 3.17. The van der Waals surface area contributed by atoms with E-state index >= 15 is 0 Å². The summed E-state index contributed by atoms with van der Waals surface area (Å²) in [5, 5.41) is 0. The number of hydrogen-bond donors (Lipinski definition) is 0. The molecule has 0 saturated heterocycles. The van der Waals surface area contributed by atoms with Crippen LogP contribution in [0.25, 0.3) is 0 Å². The first-order chi connectivity index (χ1) is 6.57. The summed E-state index contributed by atoms with van der Waals surface area (Å²) in [6.45, 7) is 1.47. The lowest BCUT2D eigenvalue weighted by molar-refractivity contribution is -0.108. The van der Waals surface area contributed by atoms with Gasteiger partial charge in [-0.1, -0.05) is 6.92 Å². The van der Waals surface area contributed by atoms with Crippen molar-refractivity contribution in [2.75, 3.05) is 0 Å². The van der Waals surface area contributed by atoms with Gasteiger partial charge in [0.1, 0.15) is 12.1 Å². The third kappa shape index (κ3) is 1.95. The van der Waals surface area contributed by atoms with Gasteiger partial charge in [-0.3, -0.25) is 0 Å². The summed E-state index contributed by atoms with van der Waals surface area (Å²) >= 11 is 0. The summed E-state index contributed by atoms with van der Waals surface area (Å²) in [6.07, 6.45) is 0.520. The first-order valence-corrected chi connectivity index (χ1v) is 4.15. The molecule has 1 atom stereocenters. The van der Waals surface area contributed by atoms with Crippen molar-refractivity contribution in [3.05, 3.63) is 35.1 Å². The van der Waals surface area contributed by atoms with Crippen molar-refractivity contribution in [2.45, 2.75) is 19.3 Å². The Hall–Kier alpha value is -1.32. The Morgan fingerprint density at radius 1 is 1.29 bits per heavy atom. The van der Waals surface area contributed by atoms with Crippen LogP contribution in [-0.2, 0) is 4.79 Å². The molecule has 1 unspecified atom stereocenters. The number of carbonyl (C=O) groups excluding carboxylic acids is 1. The van der Waals surface area contributed by atoms with Crippen LogP contribution < -0.4 is 0 Å². The van der Waals surface area contributed by atoms with E-state index < -0.39 is 23.4 Å². The Bertz CT molecular complexity index is 349. The largest absolute Gasteiger partial charge is 0.303 e. The molecule has 0 aromatic heterocycles. The fourth-order valence-electron chi connectivity index (χ4n) is 1.26.